The maximum absolute atomic E-state index is 12.4. The number of benzene rings is 1. The molecule has 0 radical (unpaired) electrons. The first-order valence-electron chi connectivity index (χ1n) is 7.10. The van der Waals surface area contributed by atoms with Gasteiger partial charge < -0.3 is 9.84 Å². The SMILES string of the molecule is CC(=O)Sc1ccnc(C(=O)O)c1C(=O)OCc1ccc([N+](=O)[O-])cc1. The number of esters is 1. The highest BCUT2D eigenvalue weighted by atomic mass is 32.2. The summed E-state index contributed by atoms with van der Waals surface area (Å²) in [6.07, 6.45) is 1.18. The smallest absolute Gasteiger partial charge is 0.355 e. The number of non-ortho nitro benzene ring substituents is 1. The molecule has 0 aliphatic carbocycles. The predicted octanol–water partition coefficient (Wildman–Crippen LogP) is 2.68. The molecule has 2 aromatic rings. The van der Waals surface area contributed by atoms with Crippen molar-refractivity contribution in [2.45, 2.75) is 18.4 Å². The van der Waals surface area contributed by atoms with Crippen molar-refractivity contribution >= 4 is 34.5 Å². The van der Waals surface area contributed by atoms with E-state index in [1.54, 1.807) is 0 Å². The molecule has 0 atom stereocenters. The molecule has 0 aliphatic heterocycles. The van der Waals surface area contributed by atoms with Crippen LogP contribution in [-0.2, 0) is 16.1 Å². The predicted molar refractivity (Wildman–Crippen MR) is 90.0 cm³/mol. The lowest BCUT2D eigenvalue weighted by Gasteiger charge is -2.10. The number of carboxylic acid groups (broad SMARTS) is 1. The van der Waals surface area contributed by atoms with E-state index in [0.29, 0.717) is 17.3 Å². The second kappa shape index (κ2) is 8.21. The van der Waals surface area contributed by atoms with E-state index < -0.39 is 22.6 Å². The number of aromatic carboxylic acids is 1. The van der Waals surface area contributed by atoms with Crippen LogP contribution in [0.4, 0.5) is 5.69 Å². The number of nitro benzene ring substituents is 1. The molecule has 1 N–H and O–H groups in total. The van der Waals surface area contributed by atoms with Crippen LogP contribution in [0.15, 0.2) is 41.4 Å². The first kappa shape index (κ1) is 19.1. The summed E-state index contributed by atoms with van der Waals surface area (Å²) in [5.41, 5.74) is -0.474. The summed E-state index contributed by atoms with van der Waals surface area (Å²) in [4.78, 5) is 48.8. The number of pyridine rings is 1. The van der Waals surface area contributed by atoms with Gasteiger partial charge in [-0.1, -0.05) is 11.8 Å². The Morgan fingerprint density at radius 1 is 1.23 bits per heavy atom. The second-order valence-electron chi connectivity index (χ2n) is 4.93. The van der Waals surface area contributed by atoms with Gasteiger partial charge in [0.25, 0.3) is 5.69 Å². The Morgan fingerprint density at radius 3 is 2.42 bits per heavy atom. The maximum Gasteiger partial charge on any atom is 0.355 e. The summed E-state index contributed by atoms with van der Waals surface area (Å²) in [5, 5.41) is 19.5. The van der Waals surface area contributed by atoms with Gasteiger partial charge in [-0.05, 0) is 23.8 Å². The first-order chi connectivity index (χ1) is 12.3. The molecular formula is C16H12N2O7S. The summed E-state index contributed by atoms with van der Waals surface area (Å²) < 4.78 is 5.09. The number of rotatable bonds is 6. The van der Waals surface area contributed by atoms with Gasteiger partial charge in [0.05, 0.1) is 4.92 Å². The molecule has 0 saturated heterocycles. The van der Waals surface area contributed by atoms with Crippen LogP contribution in [0.3, 0.4) is 0 Å². The quantitative estimate of drug-likeness (QED) is 0.349. The van der Waals surface area contributed by atoms with Crippen LogP contribution in [0, 0.1) is 10.1 Å². The van der Waals surface area contributed by atoms with Gasteiger partial charge in [0.1, 0.15) is 12.2 Å². The molecule has 9 nitrogen and oxygen atoms in total. The van der Waals surface area contributed by atoms with Crippen LogP contribution in [0.1, 0.15) is 33.3 Å². The standard InChI is InChI=1S/C16H12N2O7S/c1-9(19)26-12-6-7-17-14(15(20)21)13(12)16(22)25-8-10-2-4-11(5-3-10)18(23)24/h2-7H,8H2,1H3,(H,20,21). The lowest BCUT2D eigenvalue weighted by Crippen LogP contribution is -2.15. The summed E-state index contributed by atoms with van der Waals surface area (Å²) in [5.74, 6) is -2.39. The number of thioether (sulfide) groups is 1. The van der Waals surface area contributed by atoms with E-state index in [1.165, 1.54) is 43.5 Å². The molecule has 134 valence electrons. The Hall–Kier alpha value is -3.27. The van der Waals surface area contributed by atoms with Crippen LogP contribution in [0.2, 0.25) is 0 Å². The Labute approximate surface area is 151 Å². The van der Waals surface area contributed by atoms with Crippen LogP contribution in [-0.4, -0.2) is 32.1 Å². The van der Waals surface area contributed by atoms with Crippen LogP contribution < -0.4 is 0 Å². The molecule has 26 heavy (non-hydrogen) atoms. The number of nitro groups is 1. The molecule has 0 bridgehead atoms. The maximum atomic E-state index is 12.4. The monoisotopic (exact) mass is 376 g/mol. The average Bonchev–Trinajstić information content (AvgIpc) is 2.59. The molecule has 0 fully saturated rings. The number of carbonyl (C=O) groups excluding carboxylic acids is 2. The van der Waals surface area contributed by atoms with Crippen LogP contribution >= 0.6 is 11.8 Å². The zero-order valence-electron chi connectivity index (χ0n) is 13.4. The van der Waals surface area contributed by atoms with Crippen LogP contribution in [0.25, 0.3) is 0 Å². The number of ether oxygens (including phenoxy) is 1. The Balaban J connectivity index is 2.23. The van der Waals surface area contributed by atoms with Crippen molar-refractivity contribution in [2.75, 3.05) is 0 Å². The third kappa shape index (κ3) is 4.63. The molecule has 1 aromatic heterocycles. The average molecular weight is 376 g/mol. The third-order valence-corrected chi connectivity index (χ3v) is 3.94. The van der Waals surface area contributed by atoms with Gasteiger partial charge in [-0.25, -0.2) is 14.6 Å². The first-order valence-corrected chi connectivity index (χ1v) is 7.92. The molecule has 1 aromatic carbocycles. The highest BCUT2D eigenvalue weighted by Crippen LogP contribution is 2.26. The van der Waals surface area contributed by atoms with E-state index >= 15 is 0 Å². The van der Waals surface area contributed by atoms with Crippen molar-refractivity contribution in [1.82, 2.24) is 4.98 Å². The Kier molecular flexibility index (Phi) is 6.02. The summed E-state index contributed by atoms with van der Waals surface area (Å²) in [7, 11) is 0. The van der Waals surface area contributed by atoms with Crippen molar-refractivity contribution in [3.05, 3.63) is 63.5 Å². The molecule has 0 spiro atoms. The second-order valence-corrected chi connectivity index (χ2v) is 6.15. The number of hydrogen-bond donors (Lipinski definition) is 1. The van der Waals surface area contributed by atoms with E-state index in [2.05, 4.69) is 4.98 Å². The highest BCUT2D eigenvalue weighted by molar-refractivity contribution is 8.13. The lowest BCUT2D eigenvalue weighted by atomic mass is 10.2. The fraction of sp³-hybridized carbons (Fsp3) is 0.125. The van der Waals surface area contributed by atoms with E-state index in [1.807, 2.05) is 0 Å². The summed E-state index contributed by atoms with van der Waals surface area (Å²) >= 11 is 0.694. The minimum absolute atomic E-state index is 0.111. The van der Waals surface area contributed by atoms with E-state index in [-0.39, 0.29) is 27.9 Å². The van der Waals surface area contributed by atoms with Crippen molar-refractivity contribution in [3.63, 3.8) is 0 Å². The van der Waals surface area contributed by atoms with Gasteiger partial charge in [0.2, 0.25) is 0 Å². The molecule has 10 heteroatoms. The third-order valence-electron chi connectivity index (χ3n) is 3.09. The zero-order chi connectivity index (χ0) is 19.3. The summed E-state index contributed by atoms with van der Waals surface area (Å²) in [6.45, 7) is 1.05. The number of carbonyl (C=O) groups is 3. The normalized spacial score (nSPS) is 10.2. The molecule has 0 aliphatic rings. The summed E-state index contributed by atoms with van der Waals surface area (Å²) in [6, 6.07) is 6.69. The molecule has 0 unspecified atom stereocenters. The number of nitrogens with zero attached hydrogens (tertiary/aromatic N) is 2. The topological polar surface area (TPSA) is 137 Å². The largest absolute Gasteiger partial charge is 0.476 e. The van der Waals surface area contributed by atoms with E-state index in [4.69, 9.17) is 4.74 Å². The molecule has 2 rings (SSSR count). The minimum atomic E-state index is -1.43. The van der Waals surface area contributed by atoms with E-state index in [9.17, 15) is 29.6 Å². The minimum Gasteiger partial charge on any atom is -0.476 e. The van der Waals surface area contributed by atoms with Crippen molar-refractivity contribution in [2.24, 2.45) is 0 Å². The van der Waals surface area contributed by atoms with Gasteiger partial charge in [0.15, 0.2) is 10.8 Å². The fourth-order valence-corrected chi connectivity index (χ4v) is 2.70. The van der Waals surface area contributed by atoms with Crippen LogP contribution in [0.5, 0.6) is 0 Å². The highest BCUT2D eigenvalue weighted by Gasteiger charge is 2.24. The van der Waals surface area contributed by atoms with Gasteiger partial charge in [-0.2, -0.15) is 0 Å². The molecule has 0 amide bonds. The zero-order valence-corrected chi connectivity index (χ0v) is 14.2. The Bertz CT molecular complexity index is 881. The molecular weight excluding hydrogens is 364 g/mol. The van der Waals surface area contributed by atoms with Gasteiger partial charge in [0, 0.05) is 30.1 Å². The van der Waals surface area contributed by atoms with Gasteiger partial charge in [-0.3, -0.25) is 14.9 Å². The number of hydrogen-bond acceptors (Lipinski definition) is 8. The molecule has 1 heterocycles. The molecule has 0 saturated carbocycles. The van der Waals surface area contributed by atoms with Gasteiger partial charge in [-0.15, -0.1) is 0 Å². The number of carboxylic acids is 1. The number of aromatic nitrogens is 1. The lowest BCUT2D eigenvalue weighted by molar-refractivity contribution is -0.384. The Morgan fingerprint density at radius 2 is 1.88 bits per heavy atom. The van der Waals surface area contributed by atoms with E-state index in [0.717, 1.165) is 0 Å². The fourth-order valence-electron chi connectivity index (χ4n) is 1.98. The van der Waals surface area contributed by atoms with Crippen molar-refractivity contribution in [1.29, 1.82) is 0 Å². The van der Waals surface area contributed by atoms with Gasteiger partial charge >= 0.3 is 11.9 Å². The van der Waals surface area contributed by atoms with Crippen molar-refractivity contribution in [3.8, 4) is 0 Å². The van der Waals surface area contributed by atoms with Crippen molar-refractivity contribution < 1.29 is 29.2 Å².